The van der Waals surface area contributed by atoms with Gasteiger partial charge in [-0.05, 0) is 44.9 Å². The standard InChI is InChI=1S/C39H73NO3/c1-3-5-7-9-11-13-15-17-19-20-21-22-24-26-28-30-32-34-38(42)37(36-41)40-39(43)35-33-31-29-27-25-23-18-16-14-12-10-8-6-4-2/h19-20,24,26,32,34,37-38,41-42H,3-18,21-23,25,27-31,33,35-36H2,1-2H3,(H,40,43)/b20-19+,26-24+,34-32+. The molecule has 0 aliphatic heterocycles. The average molecular weight is 604 g/mol. The molecule has 1 amide bonds. The minimum atomic E-state index is -0.865. The molecule has 0 rings (SSSR count). The predicted octanol–water partition coefficient (Wildman–Crippen LogP) is 11.1. The Hall–Kier alpha value is -1.39. The predicted molar refractivity (Wildman–Crippen MR) is 188 cm³/mol. The molecule has 0 aliphatic rings. The SMILES string of the molecule is CCCCCCCCC/C=C/CC/C=C/CC/C=C/C(O)C(CO)NC(=O)CCCCCCCCCCCCCCCC. The second-order valence-corrected chi connectivity index (χ2v) is 12.6. The first-order chi connectivity index (χ1) is 21.2. The van der Waals surface area contributed by atoms with Crippen LogP contribution in [0.25, 0.3) is 0 Å². The van der Waals surface area contributed by atoms with Crippen molar-refractivity contribution in [1.82, 2.24) is 5.32 Å². The van der Waals surface area contributed by atoms with E-state index < -0.39 is 12.1 Å². The van der Waals surface area contributed by atoms with Gasteiger partial charge >= 0.3 is 0 Å². The number of carbonyl (C=O) groups is 1. The van der Waals surface area contributed by atoms with Crippen molar-refractivity contribution < 1.29 is 15.0 Å². The molecule has 4 heteroatoms. The second-order valence-electron chi connectivity index (χ2n) is 12.6. The number of hydrogen-bond acceptors (Lipinski definition) is 3. The summed E-state index contributed by atoms with van der Waals surface area (Å²) in [4.78, 5) is 12.3. The lowest BCUT2D eigenvalue weighted by Gasteiger charge is -2.19. The molecule has 2 unspecified atom stereocenters. The Kier molecular flexibility index (Phi) is 34.0. The molecule has 2 atom stereocenters. The molecule has 0 radical (unpaired) electrons. The molecule has 0 bridgehead atoms. The largest absolute Gasteiger partial charge is 0.394 e. The lowest BCUT2D eigenvalue weighted by Crippen LogP contribution is -2.45. The average Bonchev–Trinajstić information content (AvgIpc) is 3.01. The molecule has 0 heterocycles. The van der Waals surface area contributed by atoms with E-state index >= 15 is 0 Å². The summed E-state index contributed by atoms with van der Waals surface area (Å²) >= 11 is 0. The maximum atomic E-state index is 12.3. The van der Waals surface area contributed by atoms with Crippen LogP contribution in [0.4, 0.5) is 0 Å². The third-order valence-electron chi connectivity index (χ3n) is 8.35. The Morgan fingerprint density at radius 3 is 1.35 bits per heavy atom. The fraction of sp³-hybridized carbons (Fsp3) is 0.821. The van der Waals surface area contributed by atoms with Crippen LogP contribution in [0.5, 0.6) is 0 Å². The van der Waals surface area contributed by atoms with E-state index in [1.165, 1.54) is 128 Å². The van der Waals surface area contributed by atoms with E-state index in [9.17, 15) is 15.0 Å². The number of carbonyl (C=O) groups excluding carboxylic acids is 1. The highest BCUT2D eigenvalue weighted by Crippen LogP contribution is 2.14. The van der Waals surface area contributed by atoms with Gasteiger partial charge in [-0.15, -0.1) is 0 Å². The van der Waals surface area contributed by atoms with Crippen LogP contribution >= 0.6 is 0 Å². The van der Waals surface area contributed by atoms with Crippen molar-refractivity contribution in [3.05, 3.63) is 36.5 Å². The van der Waals surface area contributed by atoms with E-state index in [0.717, 1.165) is 38.5 Å². The fourth-order valence-corrected chi connectivity index (χ4v) is 5.44. The number of rotatable bonds is 33. The summed E-state index contributed by atoms with van der Waals surface area (Å²) < 4.78 is 0. The topological polar surface area (TPSA) is 69.6 Å². The molecule has 0 aliphatic carbocycles. The van der Waals surface area contributed by atoms with Gasteiger partial charge in [-0.1, -0.05) is 172 Å². The van der Waals surface area contributed by atoms with Crippen LogP contribution in [0.1, 0.15) is 187 Å². The third-order valence-corrected chi connectivity index (χ3v) is 8.35. The number of aliphatic hydroxyl groups excluding tert-OH is 2. The Morgan fingerprint density at radius 2 is 0.907 bits per heavy atom. The van der Waals surface area contributed by atoms with Gasteiger partial charge in [0.05, 0.1) is 18.8 Å². The van der Waals surface area contributed by atoms with Crippen molar-refractivity contribution in [1.29, 1.82) is 0 Å². The van der Waals surface area contributed by atoms with E-state index in [-0.39, 0.29) is 12.5 Å². The van der Waals surface area contributed by atoms with Gasteiger partial charge < -0.3 is 15.5 Å². The molecule has 0 fully saturated rings. The van der Waals surface area contributed by atoms with Crippen LogP contribution in [0.3, 0.4) is 0 Å². The molecule has 0 aromatic heterocycles. The van der Waals surface area contributed by atoms with Crippen LogP contribution in [0.15, 0.2) is 36.5 Å². The number of unbranched alkanes of at least 4 members (excludes halogenated alkanes) is 22. The third kappa shape index (κ3) is 31.8. The number of allylic oxidation sites excluding steroid dienone is 5. The number of hydrogen-bond donors (Lipinski definition) is 3. The minimum Gasteiger partial charge on any atom is -0.394 e. The van der Waals surface area contributed by atoms with E-state index in [4.69, 9.17) is 0 Å². The first-order valence-electron chi connectivity index (χ1n) is 18.7. The maximum Gasteiger partial charge on any atom is 0.220 e. The molecule has 43 heavy (non-hydrogen) atoms. The van der Waals surface area contributed by atoms with Gasteiger partial charge in [-0.3, -0.25) is 4.79 Å². The molecule has 4 nitrogen and oxygen atoms in total. The van der Waals surface area contributed by atoms with Crippen LogP contribution in [-0.4, -0.2) is 34.9 Å². The summed E-state index contributed by atoms with van der Waals surface area (Å²) in [5.41, 5.74) is 0. The summed E-state index contributed by atoms with van der Waals surface area (Å²) in [6.07, 6.45) is 45.1. The highest BCUT2D eigenvalue weighted by molar-refractivity contribution is 5.76. The van der Waals surface area contributed by atoms with Gasteiger partial charge in [-0.2, -0.15) is 0 Å². The summed E-state index contributed by atoms with van der Waals surface area (Å²) in [6, 6.07) is -0.640. The van der Waals surface area contributed by atoms with Crippen molar-refractivity contribution in [2.24, 2.45) is 0 Å². The Morgan fingerprint density at radius 1 is 0.535 bits per heavy atom. The Balaban J connectivity index is 3.70. The van der Waals surface area contributed by atoms with Gasteiger partial charge in [-0.25, -0.2) is 0 Å². The molecule has 0 saturated heterocycles. The van der Waals surface area contributed by atoms with Crippen molar-refractivity contribution in [3.63, 3.8) is 0 Å². The second kappa shape index (κ2) is 35.1. The monoisotopic (exact) mass is 604 g/mol. The fourth-order valence-electron chi connectivity index (χ4n) is 5.44. The summed E-state index contributed by atoms with van der Waals surface area (Å²) in [5, 5.41) is 22.9. The zero-order chi connectivity index (χ0) is 31.5. The molecule has 252 valence electrons. The molecule has 0 aromatic carbocycles. The number of nitrogens with one attached hydrogen (secondary N) is 1. The van der Waals surface area contributed by atoms with E-state index in [2.05, 4.69) is 43.5 Å². The van der Waals surface area contributed by atoms with Crippen molar-refractivity contribution in [2.75, 3.05) is 6.61 Å². The highest BCUT2D eigenvalue weighted by atomic mass is 16.3. The lowest BCUT2D eigenvalue weighted by molar-refractivity contribution is -0.123. The first kappa shape index (κ1) is 41.6. The summed E-state index contributed by atoms with van der Waals surface area (Å²) in [6.45, 7) is 4.27. The van der Waals surface area contributed by atoms with E-state index in [1.54, 1.807) is 6.08 Å². The van der Waals surface area contributed by atoms with Crippen molar-refractivity contribution in [2.45, 2.75) is 199 Å². The van der Waals surface area contributed by atoms with Crippen LogP contribution < -0.4 is 5.32 Å². The first-order valence-corrected chi connectivity index (χ1v) is 18.7. The van der Waals surface area contributed by atoms with Gasteiger partial charge in [0.25, 0.3) is 0 Å². The Bertz CT molecular complexity index is 657. The van der Waals surface area contributed by atoms with E-state index in [0.29, 0.717) is 6.42 Å². The molecule has 0 saturated carbocycles. The minimum absolute atomic E-state index is 0.0789. The van der Waals surface area contributed by atoms with Gasteiger partial charge in [0.2, 0.25) is 5.91 Å². The summed E-state index contributed by atoms with van der Waals surface area (Å²) in [7, 11) is 0. The van der Waals surface area contributed by atoms with Gasteiger partial charge in [0, 0.05) is 6.42 Å². The zero-order valence-electron chi connectivity index (χ0n) is 28.7. The number of amides is 1. The number of aliphatic hydroxyl groups is 2. The molecular formula is C39H73NO3. The van der Waals surface area contributed by atoms with Gasteiger partial charge in [0.15, 0.2) is 0 Å². The molecular weight excluding hydrogens is 530 g/mol. The van der Waals surface area contributed by atoms with Crippen LogP contribution in [0.2, 0.25) is 0 Å². The lowest BCUT2D eigenvalue weighted by atomic mass is 10.0. The highest BCUT2D eigenvalue weighted by Gasteiger charge is 2.17. The quantitative estimate of drug-likeness (QED) is 0.0516. The normalized spacial score (nSPS) is 13.5. The van der Waals surface area contributed by atoms with Crippen molar-refractivity contribution in [3.8, 4) is 0 Å². The van der Waals surface area contributed by atoms with Crippen molar-refractivity contribution >= 4 is 5.91 Å². The maximum absolute atomic E-state index is 12.3. The van der Waals surface area contributed by atoms with Gasteiger partial charge in [0.1, 0.15) is 0 Å². The van der Waals surface area contributed by atoms with Crippen LogP contribution in [0, 0.1) is 0 Å². The summed E-state index contributed by atoms with van der Waals surface area (Å²) in [5.74, 6) is -0.0789. The molecule has 0 aromatic rings. The smallest absolute Gasteiger partial charge is 0.220 e. The van der Waals surface area contributed by atoms with Crippen LogP contribution in [-0.2, 0) is 4.79 Å². The molecule has 0 spiro atoms. The Labute approximate surface area is 268 Å². The van der Waals surface area contributed by atoms with E-state index in [1.807, 2.05) is 6.08 Å². The zero-order valence-corrected chi connectivity index (χ0v) is 28.7. The molecule has 3 N–H and O–H groups in total.